The Bertz CT molecular complexity index is 1050. The Labute approximate surface area is 188 Å². The van der Waals surface area contributed by atoms with Crippen molar-refractivity contribution < 1.29 is 21.9 Å². The average molecular weight is 465 g/mol. The highest BCUT2D eigenvalue weighted by molar-refractivity contribution is 7.89. The number of fused-ring (bicyclic) bond motifs is 2. The van der Waals surface area contributed by atoms with Gasteiger partial charge in [0.05, 0.1) is 4.90 Å². The summed E-state index contributed by atoms with van der Waals surface area (Å²) in [5.74, 6) is -0.906. The highest BCUT2D eigenvalue weighted by atomic mass is 32.2. The second kappa shape index (κ2) is 9.45. The molecule has 2 bridgehead atoms. The van der Waals surface area contributed by atoms with Crippen molar-refractivity contribution in [3.63, 3.8) is 0 Å². The van der Waals surface area contributed by atoms with Gasteiger partial charge in [0.25, 0.3) is 0 Å². The maximum atomic E-state index is 13.5. The van der Waals surface area contributed by atoms with Gasteiger partial charge in [0.1, 0.15) is 12.4 Å². The van der Waals surface area contributed by atoms with E-state index < -0.39 is 21.7 Å². The Balaban J connectivity index is 1.32. The standard InChI is InChI=1S/C24H30F2N2O3S/c1-16(2)17-4-3-5-21(12-17)31-11-10-28-19-6-7-20(28)14-18(13-19)27-32(29,30)22-8-9-23(25)24(26)15-22/h3-5,8-9,12,15-16,18-20,27H,6-7,10-11,13-14H2,1-2H3. The van der Waals surface area contributed by atoms with Crippen LogP contribution in [0.4, 0.5) is 8.78 Å². The Morgan fingerprint density at radius 3 is 2.44 bits per heavy atom. The lowest BCUT2D eigenvalue weighted by molar-refractivity contribution is 0.103. The van der Waals surface area contributed by atoms with E-state index in [1.807, 2.05) is 12.1 Å². The molecular formula is C24H30F2N2O3S. The summed E-state index contributed by atoms with van der Waals surface area (Å²) in [6.45, 7) is 5.69. The fourth-order valence-electron chi connectivity index (χ4n) is 4.90. The molecule has 2 atom stereocenters. The van der Waals surface area contributed by atoms with Gasteiger partial charge in [-0.3, -0.25) is 4.90 Å². The molecule has 2 fully saturated rings. The molecule has 2 aliphatic heterocycles. The van der Waals surface area contributed by atoms with Crippen LogP contribution in [0.15, 0.2) is 47.4 Å². The number of nitrogens with zero attached hydrogens (tertiary/aromatic N) is 1. The van der Waals surface area contributed by atoms with Crippen molar-refractivity contribution in [3.05, 3.63) is 59.7 Å². The van der Waals surface area contributed by atoms with E-state index in [2.05, 4.69) is 35.6 Å². The lowest BCUT2D eigenvalue weighted by Crippen LogP contribution is -2.51. The minimum atomic E-state index is -3.90. The molecule has 8 heteroatoms. The molecule has 2 saturated heterocycles. The van der Waals surface area contributed by atoms with Crippen LogP contribution in [0, 0.1) is 11.6 Å². The van der Waals surface area contributed by atoms with Crippen molar-refractivity contribution in [2.45, 2.75) is 68.5 Å². The predicted molar refractivity (Wildman–Crippen MR) is 119 cm³/mol. The monoisotopic (exact) mass is 464 g/mol. The molecule has 0 spiro atoms. The van der Waals surface area contributed by atoms with E-state index in [1.54, 1.807) is 0 Å². The van der Waals surface area contributed by atoms with Crippen molar-refractivity contribution in [1.82, 2.24) is 9.62 Å². The third-order valence-electron chi connectivity index (χ3n) is 6.55. The van der Waals surface area contributed by atoms with E-state index in [0.29, 0.717) is 25.4 Å². The van der Waals surface area contributed by atoms with E-state index in [0.717, 1.165) is 43.3 Å². The fourth-order valence-corrected chi connectivity index (χ4v) is 6.17. The number of rotatable bonds is 8. The molecule has 2 aliphatic rings. The number of ether oxygens (including phenoxy) is 1. The third kappa shape index (κ3) is 5.13. The highest BCUT2D eigenvalue weighted by Gasteiger charge is 2.41. The number of nitrogens with one attached hydrogen (secondary N) is 1. The molecule has 0 aliphatic carbocycles. The fraction of sp³-hybridized carbons (Fsp3) is 0.500. The van der Waals surface area contributed by atoms with Crippen LogP contribution < -0.4 is 9.46 Å². The van der Waals surface area contributed by atoms with E-state index >= 15 is 0 Å². The summed E-state index contributed by atoms with van der Waals surface area (Å²) in [5, 5.41) is 0. The topological polar surface area (TPSA) is 58.6 Å². The molecule has 2 heterocycles. The molecule has 1 N–H and O–H groups in total. The maximum Gasteiger partial charge on any atom is 0.240 e. The molecule has 2 aromatic carbocycles. The molecule has 5 nitrogen and oxygen atoms in total. The second-order valence-electron chi connectivity index (χ2n) is 9.06. The van der Waals surface area contributed by atoms with E-state index in [4.69, 9.17) is 4.74 Å². The van der Waals surface area contributed by atoms with Crippen LogP contribution in [0.1, 0.15) is 51.0 Å². The molecule has 2 unspecified atom stereocenters. The summed E-state index contributed by atoms with van der Waals surface area (Å²) in [7, 11) is -3.90. The van der Waals surface area contributed by atoms with Gasteiger partial charge >= 0.3 is 0 Å². The quantitative estimate of drug-likeness (QED) is 0.628. The van der Waals surface area contributed by atoms with Gasteiger partial charge in [-0.05, 0) is 67.5 Å². The lowest BCUT2D eigenvalue weighted by atomic mass is 9.98. The number of hydrogen-bond donors (Lipinski definition) is 1. The average Bonchev–Trinajstić information content (AvgIpc) is 2.98. The number of hydrogen-bond acceptors (Lipinski definition) is 4. The summed E-state index contributed by atoms with van der Waals surface area (Å²) < 4.78 is 60.6. The van der Waals surface area contributed by atoms with Crippen molar-refractivity contribution in [2.24, 2.45) is 0 Å². The summed E-state index contributed by atoms with van der Waals surface area (Å²) in [4.78, 5) is 2.18. The van der Waals surface area contributed by atoms with Crippen molar-refractivity contribution >= 4 is 10.0 Å². The van der Waals surface area contributed by atoms with Crippen LogP contribution in [0.2, 0.25) is 0 Å². The van der Waals surface area contributed by atoms with Gasteiger partial charge in [-0.2, -0.15) is 0 Å². The zero-order valence-electron chi connectivity index (χ0n) is 18.4. The molecule has 2 aromatic rings. The van der Waals surface area contributed by atoms with Crippen LogP contribution in [-0.4, -0.2) is 44.6 Å². The van der Waals surface area contributed by atoms with Crippen LogP contribution in [0.25, 0.3) is 0 Å². The number of piperidine rings is 1. The molecular weight excluding hydrogens is 434 g/mol. The first-order valence-corrected chi connectivity index (χ1v) is 12.7. The Morgan fingerprint density at radius 2 is 1.78 bits per heavy atom. The van der Waals surface area contributed by atoms with Gasteiger partial charge in [-0.15, -0.1) is 0 Å². The largest absolute Gasteiger partial charge is 0.492 e. The molecule has 0 amide bonds. The lowest BCUT2D eigenvalue weighted by Gasteiger charge is -2.39. The van der Waals surface area contributed by atoms with Crippen molar-refractivity contribution in [2.75, 3.05) is 13.2 Å². The van der Waals surface area contributed by atoms with Gasteiger partial charge in [-0.1, -0.05) is 26.0 Å². The first-order chi connectivity index (χ1) is 15.2. The first kappa shape index (κ1) is 23.1. The van der Waals surface area contributed by atoms with Gasteiger partial charge in [0.15, 0.2) is 11.6 Å². The van der Waals surface area contributed by atoms with Crippen LogP contribution >= 0.6 is 0 Å². The molecule has 4 rings (SSSR count). The van der Waals surface area contributed by atoms with Crippen LogP contribution in [0.5, 0.6) is 5.75 Å². The molecule has 32 heavy (non-hydrogen) atoms. The number of halogens is 2. The summed E-state index contributed by atoms with van der Waals surface area (Å²) >= 11 is 0. The Hall–Kier alpha value is -2.03. The van der Waals surface area contributed by atoms with E-state index in [9.17, 15) is 17.2 Å². The molecule has 174 valence electrons. The molecule has 0 aromatic heterocycles. The maximum absolute atomic E-state index is 13.5. The number of benzene rings is 2. The Morgan fingerprint density at radius 1 is 1.06 bits per heavy atom. The van der Waals surface area contributed by atoms with Crippen LogP contribution in [0.3, 0.4) is 0 Å². The minimum Gasteiger partial charge on any atom is -0.492 e. The van der Waals surface area contributed by atoms with E-state index in [-0.39, 0.29) is 23.0 Å². The molecule has 0 radical (unpaired) electrons. The van der Waals surface area contributed by atoms with Gasteiger partial charge in [-0.25, -0.2) is 21.9 Å². The smallest absolute Gasteiger partial charge is 0.240 e. The predicted octanol–water partition coefficient (Wildman–Crippen LogP) is 4.44. The SMILES string of the molecule is CC(C)c1cccc(OCCN2C3CCC2CC(NS(=O)(=O)c2ccc(F)c(F)c2)C3)c1. The zero-order valence-corrected chi connectivity index (χ0v) is 19.2. The second-order valence-corrected chi connectivity index (χ2v) is 10.8. The van der Waals surface area contributed by atoms with E-state index in [1.165, 1.54) is 5.56 Å². The van der Waals surface area contributed by atoms with Gasteiger partial charge < -0.3 is 4.74 Å². The van der Waals surface area contributed by atoms with Crippen molar-refractivity contribution in [1.29, 1.82) is 0 Å². The third-order valence-corrected chi connectivity index (χ3v) is 8.07. The summed E-state index contributed by atoms with van der Waals surface area (Å²) in [6, 6.07) is 11.2. The van der Waals surface area contributed by atoms with Crippen LogP contribution in [-0.2, 0) is 10.0 Å². The summed E-state index contributed by atoms with van der Waals surface area (Å²) in [5.41, 5.74) is 1.25. The van der Waals surface area contributed by atoms with Gasteiger partial charge in [0.2, 0.25) is 10.0 Å². The number of sulfonamides is 1. The highest BCUT2D eigenvalue weighted by Crippen LogP contribution is 2.36. The molecule has 0 saturated carbocycles. The minimum absolute atomic E-state index is 0.217. The van der Waals surface area contributed by atoms with Gasteiger partial charge in [0, 0.05) is 24.7 Å². The first-order valence-electron chi connectivity index (χ1n) is 11.2. The normalized spacial score (nSPS) is 23.6. The zero-order chi connectivity index (χ0) is 22.9. The van der Waals surface area contributed by atoms with Crippen molar-refractivity contribution in [3.8, 4) is 5.75 Å². The summed E-state index contributed by atoms with van der Waals surface area (Å²) in [6.07, 6.45) is 3.44. The Kier molecular flexibility index (Phi) is 6.83.